The van der Waals surface area contributed by atoms with E-state index in [2.05, 4.69) is 4.28 Å². The molecule has 0 aliphatic rings. The summed E-state index contributed by atoms with van der Waals surface area (Å²) < 4.78 is 62.8. The molecule has 0 saturated carbocycles. The molecule has 2 rings (SSSR count). The number of carbonyl (C=O) groups is 2. The van der Waals surface area contributed by atoms with Crippen molar-refractivity contribution in [3.63, 3.8) is 0 Å². The largest absolute Gasteiger partial charge is 0.525 e. The summed E-state index contributed by atoms with van der Waals surface area (Å²) >= 11 is 0. The van der Waals surface area contributed by atoms with Gasteiger partial charge in [0.05, 0.1) is 5.56 Å². The molecule has 1 amide bonds. The van der Waals surface area contributed by atoms with Crippen molar-refractivity contribution in [1.82, 2.24) is 5.06 Å². The first-order valence-corrected chi connectivity index (χ1v) is 7.75. The molecule has 0 aromatic heterocycles. The molecule has 0 bridgehead atoms. The molecule has 128 valence electrons. The topological polar surface area (TPSA) is 80.8 Å². The Balaban J connectivity index is 2.47. The number of halogens is 3. The summed E-state index contributed by atoms with van der Waals surface area (Å²) in [6, 6.07) is 8.85. The molecule has 0 saturated heterocycles. The monoisotopic (exact) mass is 361 g/mol. The van der Waals surface area contributed by atoms with E-state index in [1.54, 1.807) is 18.2 Å². The average Bonchev–Trinajstić information content (AvgIpc) is 2.51. The number of benzene rings is 2. The van der Waals surface area contributed by atoms with Gasteiger partial charge in [0.15, 0.2) is 6.29 Å². The minimum absolute atomic E-state index is 0.0425. The van der Waals surface area contributed by atoms with Crippen molar-refractivity contribution in [3.8, 4) is 0 Å². The van der Waals surface area contributed by atoms with E-state index < -0.39 is 21.5 Å². The number of aldehydes is 1. The van der Waals surface area contributed by atoms with E-state index >= 15 is 0 Å². The predicted octanol–water partition coefficient (Wildman–Crippen LogP) is 2.51. The number of fused-ring (bicyclic) bond motifs is 1. The van der Waals surface area contributed by atoms with Crippen molar-refractivity contribution in [2.75, 3.05) is 7.05 Å². The van der Waals surface area contributed by atoms with Crippen LogP contribution in [0.25, 0.3) is 10.8 Å². The lowest BCUT2D eigenvalue weighted by atomic mass is 9.99. The molecule has 0 fully saturated rings. The number of nitrogens with zero attached hydrogens (tertiary/aromatic N) is 1. The van der Waals surface area contributed by atoms with Crippen LogP contribution in [0, 0.1) is 0 Å². The lowest BCUT2D eigenvalue weighted by Gasteiger charge is -2.18. The number of amides is 1. The molecule has 0 aliphatic carbocycles. The van der Waals surface area contributed by atoms with Crippen molar-refractivity contribution in [3.05, 3.63) is 47.5 Å². The summed E-state index contributed by atoms with van der Waals surface area (Å²) in [6.07, 6.45) is 0.479. The highest BCUT2D eigenvalue weighted by Gasteiger charge is 2.49. The maximum absolute atomic E-state index is 12.3. The number of hydroxylamine groups is 2. The zero-order valence-electron chi connectivity index (χ0n) is 12.1. The molecule has 0 spiro atoms. The van der Waals surface area contributed by atoms with E-state index in [0.717, 1.165) is 7.05 Å². The molecule has 0 aliphatic heterocycles. The average molecular weight is 361 g/mol. The summed E-state index contributed by atoms with van der Waals surface area (Å²) in [4.78, 5) is 23.4. The standard InChI is InChI=1S/C14H10F3NO5S/c1-18(23-24(21,22)14(15,16)17)13(20)11-7-3-5-9-4-2-6-10(8-19)12(9)11/h2-8H,1H3. The first-order valence-electron chi connectivity index (χ1n) is 6.34. The Bertz CT molecular complexity index is 903. The van der Waals surface area contributed by atoms with Crippen molar-refractivity contribution in [2.45, 2.75) is 5.51 Å². The molecule has 6 nitrogen and oxygen atoms in total. The quantitative estimate of drug-likeness (QED) is 0.475. The van der Waals surface area contributed by atoms with E-state index in [-0.39, 0.29) is 21.6 Å². The summed E-state index contributed by atoms with van der Waals surface area (Å²) in [5, 5.41) is 0.622. The van der Waals surface area contributed by atoms with Gasteiger partial charge in [-0.1, -0.05) is 30.3 Å². The Morgan fingerprint density at radius 2 is 1.75 bits per heavy atom. The highest BCUT2D eigenvalue weighted by atomic mass is 32.2. The summed E-state index contributed by atoms with van der Waals surface area (Å²) in [6.45, 7) is 0. The van der Waals surface area contributed by atoms with Gasteiger partial charge in [-0.15, -0.1) is 4.28 Å². The molecule has 0 heterocycles. The van der Waals surface area contributed by atoms with Crippen molar-refractivity contribution < 1.29 is 35.5 Å². The number of hydrogen-bond acceptors (Lipinski definition) is 5. The third-order valence-corrected chi connectivity index (χ3v) is 4.06. The second-order valence-corrected chi connectivity index (χ2v) is 6.17. The highest BCUT2D eigenvalue weighted by molar-refractivity contribution is 7.87. The third kappa shape index (κ3) is 3.24. The van der Waals surface area contributed by atoms with Gasteiger partial charge >= 0.3 is 15.6 Å². The number of alkyl halides is 3. The Morgan fingerprint density at radius 1 is 1.17 bits per heavy atom. The molecule has 10 heteroatoms. The van der Waals surface area contributed by atoms with Crippen LogP contribution in [-0.2, 0) is 14.4 Å². The van der Waals surface area contributed by atoms with Gasteiger partial charge in [-0.3, -0.25) is 9.59 Å². The van der Waals surface area contributed by atoms with Gasteiger partial charge in [-0.2, -0.15) is 21.6 Å². The number of rotatable bonds is 4. The minimum atomic E-state index is -5.98. The molecule has 2 aromatic carbocycles. The molecule has 0 radical (unpaired) electrons. The van der Waals surface area contributed by atoms with Crippen molar-refractivity contribution >= 4 is 33.1 Å². The smallest absolute Gasteiger partial charge is 0.298 e. The first-order chi connectivity index (χ1) is 11.1. The van der Waals surface area contributed by atoms with Gasteiger partial charge < -0.3 is 0 Å². The van der Waals surface area contributed by atoms with Crippen LogP contribution in [-0.4, -0.2) is 38.2 Å². The zero-order chi connectivity index (χ0) is 18.1. The van der Waals surface area contributed by atoms with Crippen LogP contribution in [0.2, 0.25) is 0 Å². The van der Waals surface area contributed by atoms with E-state index in [1.165, 1.54) is 18.2 Å². The van der Waals surface area contributed by atoms with Crippen LogP contribution in [0.4, 0.5) is 13.2 Å². The molecular formula is C14H10F3NO5S. The maximum Gasteiger partial charge on any atom is 0.525 e. The summed E-state index contributed by atoms with van der Waals surface area (Å²) in [5.74, 6) is -1.15. The van der Waals surface area contributed by atoms with E-state index in [0.29, 0.717) is 11.7 Å². The van der Waals surface area contributed by atoms with E-state index in [9.17, 15) is 31.2 Å². The summed E-state index contributed by atoms with van der Waals surface area (Å²) in [7, 11) is -5.25. The predicted molar refractivity (Wildman–Crippen MR) is 77.5 cm³/mol. The van der Waals surface area contributed by atoms with Crippen molar-refractivity contribution in [2.24, 2.45) is 0 Å². The van der Waals surface area contributed by atoms with E-state index in [1.807, 2.05) is 0 Å². The molecule has 24 heavy (non-hydrogen) atoms. The zero-order valence-corrected chi connectivity index (χ0v) is 12.9. The number of hydrogen-bond donors (Lipinski definition) is 0. The Kier molecular flexibility index (Phi) is 4.63. The molecule has 0 atom stereocenters. The highest BCUT2D eigenvalue weighted by Crippen LogP contribution is 2.27. The van der Waals surface area contributed by atoms with Crippen LogP contribution < -0.4 is 0 Å². The lowest BCUT2D eigenvalue weighted by Crippen LogP contribution is -2.36. The molecule has 0 N–H and O–H groups in total. The van der Waals surface area contributed by atoms with Crippen LogP contribution in [0.15, 0.2) is 36.4 Å². The van der Waals surface area contributed by atoms with Gasteiger partial charge in [-0.25, -0.2) is 5.06 Å². The third-order valence-electron chi connectivity index (χ3n) is 3.07. The normalized spacial score (nSPS) is 12.2. The van der Waals surface area contributed by atoms with Crippen LogP contribution >= 0.6 is 0 Å². The Labute approximate surface area is 134 Å². The fraction of sp³-hybridized carbons (Fsp3) is 0.143. The second kappa shape index (κ2) is 6.21. The molecular weight excluding hydrogens is 351 g/mol. The van der Waals surface area contributed by atoms with Gasteiger partial charge in [0, 0.05) is 18.0 Å². The molecule has 0 unspecified atom stereocenters. The minimum Gasteiger partial charge on any atom is -0.298 e. The number of carbonyl (C=O) groups excluding carboxylic acids is 2. The van der Waals surface area contributed by atoms with E-state index in [4.69, 9.17) is 0 Å². The van der Waals surface area contributed by atoms with Gasteiger partial charge in [0.25, 0.3) is 5.91 Å². The van der Waals surface area contributed by atoms with Gasteiger partial charge in [-0.05, 0) is 11.5 Å². The maximum atomic E-state index is 12.3. The fourth-order valence-electron chi connectivity index (χ4n) is 2.04. The van der Waals surface area contributed by atoms with Crippen LogP contribution in [0.1, 0.15) is 20.7 Å². The fourth-order valence-corrected chi connectivity index (χ4v) is 2.49. The van der Waals surface area contributed by atoms with Crippen molar-refractivity contribution in [1.29, 1.82) is 0 Å². The Morgan fingerprint density at radius 3 is 2.29 bits per heavy atom. The van der Waals surface area contributed by atoms with Crippen LogP contribution in [0.3, 0.4) is 0 Å². The lowest BCUT2D eigenvalue weighted by molar-refractivity contribution is -0.0786. The molecule has 2 aromatic rings. The van der Waals surface area contributed by atoms with Gasteiger partial charge in [0.1, 0.15) is 0 Å². The second-order valence-electron chi connectivity index (χ2n) is 4.65. The first kappa shape index (κ1) is 17.9. The summed E-state index contributed by atoms with van der Waals surface area (Å²) in [5.41, 5.74) is -5.72. The van der Waals surface area contributed by atoms with Crippen LogP contribution in [0.5, 0.6) is 0 Å². The van der Waals surface area contributed by atoms with Gasteiger partial charge in [0.2, 0.25) is 0 Å². The Hall–Kier alpha value is -2.46. The SMILES string of the molecule is CN(OS(=O)(=O)C(F)(F)F)C(=O)c1cccc2cccc(C=O)c12.